The summed E-state index contributed by atoms with van der Waals surface area (Å²) in [6, 6.07) is 13.9. The Morgan fingerprint density at radius 3 is 2.27 bits per heavy atom. The second-order valence-electron chi connectivity index (χ2n) is 6.08. The van der Waals surface area contributed by atoms with Gasteiger partial charge in [0.15, 0.2) is 0 Å². The first kappa shape index (κ1) is 18.7. The molecule has 1 rings (SSSR count). The van der Waals surface area contributed by atoms with Gasteiger partial charge in [0.1, 0.15) is 8.07 Å². The summed E-state index contributed by atoms with van der Waals surface area (Å²) < 4.78 is 0. The molecule has 0 aromatic heterocycles. The SMILES string of the molecule is C=C(C#C[Si](CC)(CC)CC)CC(O)CCc1ccccc1. The average molecular weight is 315 g/mol. The van der Waals surface area contributed by atoms with E-state index in [9.17, 15) is 5.11 Å². The molecule has 0 aliphatic rings. The van der Waals surface area contributed by atoms with Crippen molar-refractivity contribution in [2.75, 3.05) is 0 Å². The Morgan fingerprint density at radius 2 is 1.73 bits per heavy atom. The molecule has 0 aliphatic carbocycles. The van der Waals surface area contributed by atoms with E-state index in [1.165, 1.54) is 23.7 Å². The average Bonchev–Trinajstić information content (AvgIpc) is 2.56. The first-order valence-corrected chi connectivity index (χ1v) is 11.1. The molecule has 1 unspecified atom stereocenters. The van der Waals surface area contributed by atoms with Crippen LogP contribution in [0, 0.1) is 11.5 Å². The molecule has 1 atom stereocenters. The summed E-state index contributed by atoms with van der Waals surface area (Å²) in [5.41, 5.74) is 5.69. The molecule has 1 aromatic rings. The highest BCUT2D eigenvalue weighted by atomic mass is 28.3. The van der Waals surface area contributed by atoms with Gasteiger partial charge in [-0.2, -0.15) is 0 Å². The van der Waals surface area contributed by atoms with Crippen molar-refractivity contribution >= 4 is 8.07 Å². The zero-order chi connectivity index (χ0) is 16.4. The zero-order valence-corrected chi connectivity index (χ0v) is 15.4. The maximum absolute atomic E-state index is 10.2. The lowest BCUT2D eigenvalue weighted by atomic mass is 10.0. The van der Waals surface area contributed by atoms with Crippen LogP contribution in [0.25, 0.3) is 0 Å². The van der Waals surface area contributed by atoms with Crippen LogP contribution >= 0.6 is 0 Å². The van der Waals surface area contributed by atoms with Crippen LogP contribution in [-0.4, -0.2) is 19.3 Å². The van der Waals surface area contributed by atoms with E-state index >= 15 is 0 Å². The molecule has 0 fully saturated rings. The number of aliphatic hydroxyl groups excluding tert-OH is 1. The molecular formula is C20H30OSi. The number of aliphatic hydroxyl groups is 1. The van der Waals surface area contributed by atoms with E-state index in [1.54, 1.807) is 0 Å². The monoisotopic (exact) mass is 314 g/mol. The van der Waals surface area contributed by atoms with Gasteiger partial charge >= 0.3 is 0 Å². The molecule has 120 valence electrons. The second-order valence-corrected chi connectivity index (χ2v) is 11.0. The Balaban J connectivity index is 2.48. The predicted octanol–water partition coefficient (Wildman–Crippen LogP) is 4.98. The molecule has 0 aliphatic heterocycles. The third-order valence-electron chi connectivity index (χ3n) is 4.63. The Morgan fingerprint density at radius 1 is 1.14 bits per heavy atom. The highest BCUT2D eigenvalue weighted by Crippen LogP contribution is 2.19. The van der Waals surface area contributed by atoms with Gasteiger partial charge in [-0.1, -0.05) is 63.6 Å². The van der Waals surface area contributed by atoms with Gasteiger partial charge in [-0.3, -0.25) is 0 Å². The van der Waals surface area contributed by atoms with Crippen LogP contribution in [-0.2, 0) is 6.42 Å². The summed E-state index contributed by atoms with van der Waals surface area (Å²) >= 11 is 0. The van der Waals surface area contributed by atoms with E-state index in [0.29, 0.717) is 6.42 Å². The summed E-state index contributed by atoms with van der Waals surface area (Å²) in [5, 5.41) is 10.2. The van der Waals surface area contributed by atoms with Crippen molar-refractivity contribution in [1.82, 2.24) is 0 Å². The van der Waals surface area contributed by atoms with E-state index < -0.39 is 8.07 Å². The van der Waals surface area contributed by atoms with Crippen LogP contribution in [0.2, 0.25) is 18.1 Å². The van der Waals surface area contributed by atoms with Crippen LogP contribution in [0.3, 0.4) is 0 Å². The molecular weight excluding hydrogens is 284 g/mol. The van der Waals surface area contributed by atoms with Gasteiger partial charge in [0.05, 0.1) is 6.10 Å². The van der Waals surface area contributed by atoms with Crippen LogP contribution in [0.4, 0.5) is 0 Å². The summed E-state index contributed by atoms with van der Waals surface area (Å²) in [7, 11) is -1.41. The number of rotatable bonds is 8. The fourth-order valence-electron chi connectivity index (χ4n) is 2.65. The number of hydrogen-bond donors (Lipinski definition) is 1. The maximum atomic E-state index is 10.2. The lowest BCUT2D eigenvalue weighted by molar-refractivity contribution is 0.166. The molecule has 0 saturated heterocycles. The maximum Gasteiger partial charge on any atom is 0.138 e. The summed E-state index contributed by atoms with van der Waals surface area (Å²) in [6.45, 7) is 10.8. The minimum Gasteiger partial charge on any atom is -0.393 e. The van der Waals surface area contributed by atoms with Gasteiger partial charge in [-0.25, -0.2) is 0 Å². The standard InChI is InChI=1S/C20H30OSi/c1-5-22(6-2,7-3)16-15-18(4)17-20(21)14-13-19-11-9-8-10-12-19/h8-12,20-21H,4-7,13-14,17H2,1-3H3. The lowest BCUT2D eigenvalue weighted by Gasteiger charge is -2.20. The third-order valence-corrected chi connectivity index (χ3v) is 9.34. The van der Waals surface area contributed by atoms with Gasteiger partial charge in [0.2, 0.25) is 0 Å². The van der Waals surface area contributed by atoms with Crippen molar-refractivity contribution in [2.24, 2.45) is 0 Å². The Hall–Kier alpha value is -1.30. The summed E-state index contributed by atoms with van der Waals surface area (Å²) in [5.74, 6) is 3.26. The Labute approximate surface area is 137 Å². The summed E-state index contributed by atoms with van der Waals surface area (Å²) in [6.07, 6.45) is 1.92. The van der Waals surface area contributed by atoms with Crippen molar-refractivity contribution in [2.45, 2.75) is 64.3 Å². The Bertz CT molecular complexity index is 497. The molecule has 0 radical (unpaired) electrons. The fourth-order valence-corrected chi connectivity index (χ4v) is 5.12. The molecule has 2 heteroatoms. The lowest BCUT2D eigenvalue weighted by Crippen LogP contribution is -2.29. The van der Waals surface area contributed by atoms with Gasteiger partial charge < -0.3 is 5.11 Å². The quantitative estimate of drug-likeness (QED) is 0.530. The van der Waals surface area contributed by atoms with Gasteiger partial charge in [-0.05, 0) is 42.1 Å². The molecule has 1 aromatic carbocycles. The molecule has 1 N–H and O–H groups in total. The number of aryl methyl sites for hydroxylation is 1. The fraction of sp³-hybridized carbons (Fsp3) is 0.500. The molecule has 0 saturated carbocycles. The van der Waals surface area contributed by atoms with Crippen molar-refractivity contribution < 1.29 is 5.11 Å². The van der Waals surface area contributed by atoms with Crippen LogP contribution in [0.1, 0.15) is 39.2 Å². The number of benzene rings is 1. The second kappa shape index (κ2) is 9.66. The largest absolute Gasteiger partial charge is 0.393 e. The zero-order valence-electron chi connectivity index (χ0n) is 14.4. The van der Waals surface area contributed by atoms with E-state index in [1.807, 2.05) is 18.2 Å². The highest BCUT2D eigenvalue weighted by Gasteiger charge is 2.24. The van der Waals surface area contributed by atoms with Crippen LogP contribution in [0.15, 0.2) is 42.5 Å². The molecule has 0 spiro atoms. The van der Waals surface area contributed by atoms with Gasteiger partial charge in [-0.15, -0.1) is 5.54 Å². The highest BCUT2D eigenvalue weighted by molar-refractivity contribution is 6.87. The van der Waals surface area contributed by atoms with Crippen LogP contribution < -0.4 is 0 Å². The van der Waals surface area contributed by atoms with Crippen molar-refractivity contribution in [3.63, 3.8) is 0 Å². The minimum atomic E-state index is -1.41. The van der Waals surface area contributed by atoms with E-state index in [4.69, 9.17) is 0 Å². The van der Waals surface area contributed by atoms with Gasteiger partial charge in [0, 0.05) is 6.42 Å². The van der Waals surface area contributed by atoms with Crippen LogP contribution in [0.5, 0.6) is 0 Å². The topological polar surface area (TPSA) is 20.2 Å². The number of hydrogen-bond acceptors (Lipinski definition) is 1. The molecule has 0 heterocycles. The molecule has 0 amide bonds. The summed E-state index contributed by atoms with van der Waals surface area (Å²) in [4.78, 5) is 0. The van der Waals surface area contributed by atoms with Crippen molar-refractivity contribution in [1.29, 1.82) is 0 Å². The smallest absolute Gasteiger partial charge is 0.138 e. The Kier molecular flexibility index (Phi) is 8.23. The normalized spacial score (nSPS) is 12.4. The van der Waals surface area contributed by atoms with E-state index in [-0.39, 0.29) is 6.10 Å². The van der Waals surface area contributed by atoms with Crippen molar-refractivity contribution in [3.8, 4) is 11.5 Å². The van der Waals surface area contributed by atoms with Gasteiger partial charge in [0.25, 0.3) is 0 Å². The van der Waals surface area contributed by atoms with E-state index in [0.717, 1.165) is 18.4 Å². The molecule has 1 nitrogen and oxygen atoms in total. The molecule has 22 heavy (non-hydrogen) atoms. The molecule has 0 bridgehead atoms. The predicted molar refractivity (Wildman–Crippen MR) is 99.5 cm³/mol. The minimum absolute atomic E-state index is 0.344. The third kappa shape index (κ3) is 6.21. The first-order chi connectivity index (χ1) is 10.5. The van der Waals surface area contributed by atoms with Crippen molar-refractivity contribution in [3.05, 3.63) is 48.0 Å². The first-order valence-electron chi connectivity index (χ1n) is 8.48. The van der Waals surface area contributed by atoms with E-state index in [2.05, 4.69) is 50.9 Å².